The van der Waals surface area contributed by atoms with Gasteiger partial charge in [-0.2, -0.15) is 12.6 Å². The first kappa shape index (κ1) is 17.8. The molecule has 4 nitrogen and oxygen atoms in total. The first-order chi connectivity index (χ1) is 11.6. The van der Waals surface area contributed by atoms with Gasteiger partial charge in [-0.15, -0.1) is 0 Å². The molecule has 0 radical (unpaired) electrons. The minimum absolute atomic E-state index is 0.0998. The Morgan fingerprint density at radius 2 is 1.62 bits per heavy atom. The highest BCUT2D eigenvalue weighted by atomic mass is 32.1. The quantitative estimate of drug-likeness (QED) is 0.535. The molecule has 124 valence electrons. The smallest absolute Gasteiger partial charge is 0.305 e. The van der Waals surface area contributed by atoms with Crippen molar-refractivity contribution < 1.29 is 14.7 Å². The van der Waals surface area contributed by atoms with Gasteiger partial charge < -0.3 is 10.4 Å². The third-order valence-corrected chi connectivity index (χ3v) is 3.79. The van der Waals surface area contributed by atoms with Crippen LogP contribution >= 0.6 is 12.6 Å². The number of benzene rings is 2. The van der Waals surface area contributed by atoms with Crippen LogP contribution in [0.3, 0.4) is 0 Å². The predicted molar refractivity (Wildman–Crippen MR) is 99.0 cm³/mol. The maximum atomic E-state index is 12.0. The zero-order valence-corrected chi connectivity index (χ0v) is 14.0. The summed E-state index contributed by atoms with van der Waals surface area (Å²) in [6.07, 6.45) is 1.66. The van der Waals surface area contributed by atoms with Crippen LogP contribution in [0, 0.1) is 0 Å². The van der Waals surface area contributed by atoms with E-state index in [9.17, 15) is 9.59 Å². The number of carboxylic acid groups (broad SMARTS) is 1. The molecule has 0 saturated heterocycles. The highest BCUT2D eigenvalue weighted by molar-refractivity contribution is 7.80. The minimum Gasteiger partial charge on any atom is -0.481 e. The second-order valence-corrected chi connectivity index (χ2v) is 5.53. The molecule has 1 amide bonds. The number of rotatable bonds is 7. The molecule has 0 heterocycles. The largest absolute Gasteiger partial charge is 0.481 e. The van der Waals surface area contributed by atoms with Gasteiger partial charge in [0.1, 0.15) is 0 Å². The maximum Gasteiger partial charge on any atom is 0.305 e. The van der Waals surface area contributed by atoms with Crippen LogP contribution in [0.4, 0.5) is 0 Å². The molecule has 24 heavy (non-hydrogen) atoms. The molecule has 0 bridgehead atoms. The molecule has 0 aliphatic carbocycles. The van der Waals surface area contributed by atoms with Gasteiger partial charge in [0, 0.05) is 17.9 Å². The summed E-state index contributed by atoms with van der Waals surface area (Å²) in [7, 11) is 0. The van der Waals surface area contributed by atoms with E-state index in [1.54, 1.807) is 6.08 Å². The monoisotopic (exact) mass is 341 g/mol. The lowest BCUT2D eigenvalue weighted by Crippen LogP contribution is -2.27. The molecule has 2 aromatic carbocycles. The number of aliphatic carboxylic acids is 1. The zero-order chi connectivity index (χ0) is 17.4. The van der Waals surface area contributed by atoms with Crippen molar-refractivity contribution >= 4 is 30.6 Å². The van der Waals surface area contributed by atoms with Crippen molar-refractivity contribution in [2.45, 2.75) is 6.42 Å². The molecular weight excluding hydrogens is 322 g/mol. The molecule has 0 aromatic heterocycles. The van der Waals surface area contributed by atoms with Crippen molar-refractivity contribution in [3.05, 3.63) is 65.7 Å². The Bertz CT molecular complexity index is 724. The van der Waals surface area contributed by atoms with Gasteiger partial charge in [0.25, 0.3) is 0 Å². The first-order valence-corrected chi connectivity index (χ1v) is 8.20. The van der Waals surface area contributed by atoms with Gasteiger partial charge in [0.2, 0.25) is 5.91 Å². The molecule has 0 aliphatic rings. The first-order valence-electron chi connectivity index (χ1n) is 7.57. The number of hydrogen-bond acceptors (Lipinski definition) is 3. The SMILES string of the molecule is O=C(O)CCNC(=O)C(=Cc1ccc(-c2ccccc2)cc1)CS. The molecule has 0 saturated carbocycles. The van der Waals surface area contributed by atoms with Crippen LogP contribution < -0.4 is 5.32 Å². The second kappa shape index (κ2) is 8.93. The molecule has 2 N–H and O–H groups in total. The van der Waals surface area contributed by atoms with Crippen LogP contribution in [-0.4, -0.2) is 29.3 Å². The van der Waals surface area contributed by atoms with Crippen LogP contribution in [-0.2, 0) is 9.59 Å². The Labute approximate surface area is 146 Å². The van der Waals surface area contributed by atoms with Gasteiger partial charge >= 0.3 is 5.97 Å². The number of carbonyl (C=O) groups excluding carboxylic acids is 1. The van der Waals surface area contributed by atoms with Crippen molar-refractivity contribution in [3.8, 4) is 11.1 Å². The number of carboxylic acids is 1. The van der Waals surface area contributed by atoms with Gasteiger partial charge in [-0.1, -0.05) is 54.6 Å². The van der Waals surface area contributed by atoms with Crippen LogP contribution in [0.1, 0.15) is 12.0 Å². The molecule has 5 heteroatoms. The maximum absolute atomic E-state index is 12.0. The summed E-state index contributed by atoms with van der Waals surface area (Å²) in [6, 6.07) is 17.9. The summed E-state index contributed by atoms with van der Waals surface area (Å²) < 4.78 is 0. The van der Waals surface area contributed by atoms with E-state index in [4.69, 9.17) is 5.11 Å². The van der Waals surface area contributed by atoms with E-state index in [0.717, 1.165) is 16.7 Å². The third kappa shape index (κ3) is 5.28. The lowest BCUT2D eigenvalue weighted by molar-refractivity contribution is -0.136. The van der Waals surface area contributed by atoms with E-state index < -0.39 is 5.97 Å². The lowest BCUT2D eigenvalue weighted by atomic mass is 10.0. The summed E-state index contributed by atoms with van der Waals surface area (Å²) in [6.45, 7) is 0.103. The Morgan fingerprint density at radius 1 is 1.00 bits per heavy atom. The Balaban J connectivity index is 2.07. The summed E-state index contributed by atoms with van der Waals surface area (Å²) in [5, 5.41) is 11.2. The van der Waals surface area contributed by atoms with E-state index in [0.29, 0.717) is 5.57 Å². The normalized spacial score (nSPS) is 11.1. The van der Waals surface area contributed by atoms with Gasteiger partial charge in [-0.05, 0) is 22.8 Å². The van der Waals surface area contributed by atoms with Gasteiger partial charge in [0.15, 0.2) is 0 Å². The average molecular weight is 341 g/mol. The molecule has 2 rings (SSSR count). The molecule has 0 aliphatic heterocycles. The van der Waals surface area contributed by atoms with Crippen molar-refractivity contribution in [2.75, 3.05) is 12.3 Å². The standard InChI is InChI=1S/C19H19NO3S/c21-18(22)10-11-20-19(23)17(13-24)12-14-6-8-16(9-7-14)15-4-2-1-3-5-15/h1-9,12,24H,10-11,13H2,(H,20,23)(H,21,22). The second-order valence-electron chi connectivity index (χ2n) is 5.22. The Kier molecular flexibility index (Phi) is 6.63. The van der Waals surface area contributed by atoms with Crippen LogP contribution in [0.25, 0.3) is 17.2 Å². The topological polar surface area (TPSA) is 66.4 Å². The Hall–Kier alpha value is -2.53. The number of hydrogen-bond donors (Lipinski definition) is 3. The number of nitrogens with one attached hydrogen (secondary N) is 1. The van der Waals surface area contributed by atoms with E-state index >= 15 is 0 Å². The van der Waals surface area contributed by atoms with Crippen molar-refractivity contribution in [2.24, 2.45) is 0 Å². The predicted octanol–water partition coefficient (Wildman–Crippen LogP) is 3.26. The summed E-state index contributed by atoms with van der Waals surface area (Å²) in [4.78, 5) is 22.5. The van der Waals surface area contributed by atoms with Crippen molar-refractivity contribution in [1.82, 2.24) is 5.32 Å². The Morgan fingerprint density at radius 3 is 2.21 bits per heavy atom. The van der Waals surface area contributed by atoms with E-state index in [2.05, 4.69) is 17.9 Å². The highest BCUT2D eigenvalue weighted by Gasteiger charge is 2.08. The van der Waals surface area contributed by atoms with E-state index in [1.165, 1.54) is 0 Å². The summed E-state index contributed by atoms with van der Waals surface area (Å²) in [5.74, 6) is -0.958. The van der Waals surface area contributed by atoms with Crippen molar-refractivity contribution in [1.29, 1.82) is 0 Å². The van der Waals surface area contributed by atoms with E-state index in [-0.39, 0.29) is 24.6 Å². The van der Waals surface area contributed by atoms with Gasteiger partial charge in [-0.25, -0.2) is 0 Å². The fraction of sp³-hybridized carbons (Fsp3) is 0.158. The summed E-state index contributed by atoms with van der Waals surface area (Å²) in [5.41, 5.74) is 3.63. The zero-order valence-electron chi connectivity index (χ0n) is 13.1. The number of carbonyl (C=O) groups is 2. The summed E-state index contributed by atoms with van der Waals surface area (Å²) >= 11 is 4.18. The number of thiol groups is 1. The van der Waals surface area contributed by atoms with Crippen LogP contribution in [0.2, 0.25) is 0 Å². The molecule has 0 spiro atoms. The fourth-order valence-corrected chi connectivity index (χ4v) is 2.42. The molecule has 0 unspecified atom stereocenters. The van der Waals surface area contributed by atoms with Crippen molar-refractivity contribution in [3.63, 3.8) is 0 Å². The highest BCUT2D eigenvalue weighted by Crippen LogP contribution is 2.20. The molecule has 0 atom stereocenters. The molecule has 0 fully saturated rings. The van der Waals surface area contributed by atoms with Crippen LogP contribution in [0.15, 0.2) is 60.2 Å². The fourth-order valence-electron chi connectivity index (χ4n) is 2.18. The minimum atomic E-state index is -0.941. The number of amides is 1. The molecular formula is C19H19NO3S. The van der Waals surface area contributed by atoms with E-state index in [1.807, 2.05) is 54.6 Å². The third-order valence-electron chi connectivity index (χ3n) is 3.45. The molecule has 2 aromatic rings. The van der Waals surface area contributed by atoms with Gasteiger partial charge in [0.05, 0.1) is 6.42 Å². The lowest BCUT2D eigenvalue weighted by Gasteiger charge is -2.07. The average Bonchev–Trinajstić information content (AvgIpc) is 2.60. The van der Waals surface area contributed by atoms with Crippen LogP contribution in [0.5, 0.6) is 0 Å². The van der Waals surface area contributed by atoms with Gasteiger partial charge in [-0.3, -0.25) is 9.59 Å².